The fourth-order valence-electron chi connectivity index (χ4n) is 1.08. The lowest BCUT2D eigenvalue weighted by Gasteiger charge is -2.28. The molecule has 72 valence electrons. The van der Waals surface area contributed by atoms with Gasteiger partial charge in [-0.05, 0) is 26.2 Å². The number of nitrogens with one attached hydrogen (secondary N) is 1. The van der Waals surface area contributed by atoms with Gasteiger partial charge in [-0.2, -0.15) is 0 Å². The molecule has 12 heavy (non-hydrogen) atoms. The Bertz CT molecular complexity index is 148. The van der Waals surface area contributed by atoms with Crippen LogP contribution < -0.4 is 5.32 Å². The molecule has 0 spiro atoms. The topological polar surface area (TPSA) is 32.3 Å². The molecule has 1 saturated carbocycles. The highest BCUT2D eigenvalue weighted by Gasteiger charge is 2.38. The Hall–Kier alpha value is -0.0800. The average molecular weight is 171 g/mol. The summed E-state index contributed by atoms with van der Waals surface area (Å²) in [6.07, 6.45) is 3.61. The molecule has 2 N–H and O–H groups in total. The van der Waals surface area contributed by atoms with Gasteiger partial charge in [-0.25, -0.2) is 0 Å². The van der Waals surface area contributed by atoms with E-state index in [1.807, 2.05) is 0 Å². The third-order valence-electron chi connectivity index (χ3n) is 3.18. The number of hydrogen-bond donors (Lipinski definition) is 2. The van der Waals surface area contributed by atoms with Crippen LogP contribution in [0.15, 0.2) is 0 Å². The Morgan fingerprint density at radius 3 is 2.42 bits per heavy atom. The normalized spacial score (nSPS) is 25.0. The van der Waals surface area contributed by atoms with E-state index in [2.05, 4.69) is 26.1 Å². The van der Waals surface area contributed by atoms with Gasteiger partial charge in [0, 0.05) is 24.1 Å². The van der Waals surface area contributed by atoms with Crippen LogP contribution in [-0.2, 0) is 0 Å². The highest BCUT2D eigenvalue weighted by molar-refractivity contribution is 4.98. The summed E-state index contributed by atoms with van der Waals surface area (Å²) >= 11 is 0. The average Bonchev–Trinajstić information content (AvgIpc) is 2.81. The van der Waals surface area contributed by atoms with Crippen LogP contribution in [0.4, 0.5) is 0 Å². The van der Waals surface area contributed by atoms with Crippen molar-refractivity contribution in [1.29, 1.82) is 0 Å². The zero-order chi connectivity index (χ0) is 9.24. The lowest BCUT2D eigenvalue weighted by Crippen LogP contribution is -2.39. The molecule has 0 radical (unpaired) electrons. The molecule has 0 saturated heterocycles. The second-order valence-electron chi connectivity index (χ2n) is 4.74. The molecular weight excluding hydrogens is 150 g/mol. The second-order valence-corrected chi connectivity index (χ2v) is 4.74. The Labute approximate surface area is 75.4 Å². The minimum Gasteiger partial charge on any atom is -0.396 e. The molecule has 1 fully saturated rings. The lowest BCUT2D eigenvalue weighted by molar-refractivity contribution is 0.131. The molecule has 0 aromatic rings. The van der Waals surface area contributed by atoms with Crippen molar-refractivity contribution in [3.8, 4) is 0 Å². The Balaban J connectivity index is 2.28. The second kappa shape index (κ2) is 3.35. The van der Waals surface area contributed by atoms with E-state index in [0.717, 1.165) is 13.0 Å². The minimum absolute atomic E-state index is 0.0750. The number of aliphatic hydroxyl groups is 1. The summed E-state index contributed by atoms with van der Waals surface area (Å²) in [6, 6.07) is 0. The molecule has 1 atom stereocenters. The third-order valence-corrected chi connectivity index (χ3v) is 3.18. The van der Waals surface area contributed by atoms with E-state index >= 15 is 0 Å². The van der Waals surface area contributed by atoms with Crippen molar-refractivity contribution in [3.63, 3.8) is 0 Å². The van der Waals surface area contributed by atoms with E-state index < -0.39 is 0 Å². The maximum Gasteiger partial charge on any atom is 0.0496 e. The van der Waals surface area contributed by atoms with Crippen LogP contribution in [0.5, 0.6) is 0 Å². The molecule has 0 aromatic heterocycles. The maximum atomic E-state index is 9.16. The predicted molar refractivity (Wildman–Crippen MR) is 51.1 cm³/mol. The molecule has 0 aliphatic heterocycles. The van der Waals surface area contributed by atoms with Gasteiger partial charge >= 0.3 is 0 Å². The molecule has 0 heterocycles. The predicted octanol–water partition coefficient (Wildman–Crippen LogP) is 1.54. The number of aliphatic hydroxyl groups excluding tert-OH is 1. The van der Waals surface area contributed by atoms with Crippen LogP contribution in [0.3, 0.4) is 0 Å². The molecule has 0 bridgehead atoms. The van der Waals surface area contributed by atoms with Crippen molar-refractivity contribution in [2.24, 2.45) is 5.41 Å². The highest BCUT2D eigenvalue weighted by atomic mass is 16.3. The van der Waals surface area contributed by atoms with Crippen LogP contribution >= 0.6 is 0 Å². The van der Waals surface area contributed by atoms with Crippen molar-refractivity contribution in [1.82, 2.24) is 5.32 Å². The van der Waals surface area contributed by atoms with Crippen LogP contribution in [0.2, 0.25) is 0 Å². The molecule has 1 aliphatic carbocycles. The van der Waals surface area contributed by atoms with Gasteiger partial charge in [0.2, 0.25) is 0 Å². The van der Waals surface area contributed by atoms with E-state index in [0.29, 0.717) is 5.54 Å². The van der Waals surface area contributed by atoms with E-state index in [9.17, 15) is 0 Å². The van der Waals surface area contributed by atoms with Gasteiger partial charge in [-0.3, -0.25) is 0 Å². The smallest absolute Gasteiger partial charge is 0.0496 e. The first-order valence-corrected chi connectivity index (χ1v) is 4.89. The molecule has 0 amide bonds. The molecular formula is C10H21NO. The third kappa shape index (κ3) is 2.46. The van der Waals surface area contributed by atoms with E-state index in [1.165, 1.54) is 12.8 Å². The molecule has 0 aromatic carbocycles. The van der Waals surface area contributed by atoms with Crippen LogP contribution in [-0.4, -0.2) is 23.8 Å². The largest absolute Gasteiger partial charge is 0.396 e. The SMILES string of the molecule is CCC(C)(CO)CNC1(C)CC1. The summed E-state index contributed by atoms with van der Waals surface area (Å²) in [5, 5.41) is 12.7. The van der Waals surface area contributed by atoms with Crippen molar-refractivity contribution < 1.29 is 5.11 Å². The lowest BCUT2D eigenvalue weighted by atomic mass is 9.88. The first-order chi connectivity index (χ1) is 5.54. The Morgan fingerprint density at radius 1 is 1.50 bits per heavy atom. The summed E-state index contributed by atoms with van der Waals surface area (Å²) in [5.41, 5.74) is 0.469. The summed E-state index contributed by atoms with van der Waals surface area (Å²) in [4.78, 5) is 0. The standard InChI is InChI=1S/C10H21NO/c1-4-9(2,8-12)7-11-10(3)5-6-10/h11-12H,4-8H2,1-3H3. The summed E-state index contributed by atoms with van der Waals surface area (Å²) in [6.45, 7) is 7.74. The molecule has 1 unspecified atom stereocenters. The summed E-state index contributed by atoms with van der Waals surface area (Å²) in [5.74, 6) is 0. The van der Waals surface area contributed by atoms with E-state index in [4.69, 9.17) is 5.11 Å². The highest BCUT2D eigenvalue weighted by Crippen LogP contribution is 2.35. The number of rotatable bonds is 5. The minimum atomic E-state index is 0.0750. The van der Waals surface area contributed by atoms with E-state index in [-0.39, 0.29) is 12.0 Å². The quantitative estimate of drug-likeness (QED) is 0.657. The van der Waals surface area contributed by atoms with Crippen LogP contribution in [0, 0.1) is 5.41 Å². The zero-order valence-electron chi connectivity index (χ0n) is 8.48. The van der Waals surface area contributed by atoms with Gasteiger partial charge in [0.1, 0.15) is 0 Å². The van der Waals surface area contributed by atoms with Gasteiger partial charge in [-0.15, -0.1) is 0 Å². The van der Waals surface area contributed by atoms with Crippen molar-refractivity contribution in [2.75, 3.05) is 13.2 Å². The van der Waals surface area contributed by atoms with Gasteiger partial charge in [-0.1, -0.05) is 13.8 Å². The van der Waals surface area contributed by atoms with Crippen molar-refractivity contribution in [3.05, 3.63) is 0 Å². The van der Waals surface area contributed by atoms with Gasteiger partial charge < -0.3 is 10.4 Å². The van der Waals surface area contributed by atoms with Crippen LogP contribution in [0.1, 0.15) is 40.0 Å². The van der Waals surface area contributed by atoms with E-state index in [1.54, 1.807) is 0 Å². The maximum absolute atomic E-state index is 9.16. The monoisotopic (exact) mass is 171 g/mol. The Morgan fingerprint density at radius 2 is 2.08 bits per heavy atom. The van der Waals surface area contributed by atoms with Crippen molar-refractivity contribution >= 4 is 0 Å². The summed E-state index contributed by atoms with van der Waals surface area (Å²) < 4.78 is 0. The van der Waals surface area contributed by atoms with Crippen LogP contribution in [0.25, 0.3) is 0 Å². The van der Waals surface area contributed by atoms with Gasteiger partial charge in [0.25, 0.3) is 0 Å². The first kappa shape index (κ1) is 10.0. The molecule has 1 aliphatic rings. The van der Waals surface area contributed by atoms with Gasteiger partial charge in [0.15, 0.2) is 0 Å². The summed E-state index contributed by atoms with van der Waals surface area (Å²) in [7, 11) is 0. The number of hydrogen-bond acceptors (Lipinski definition) is 2. The first-order valence-electron chi connectivity index (χ1n) is 4.89. The Kier molecular flexibility index (Phi) is 2.79. The fraction of sp³-hybridized carbons (Fsp3) is 1.00. The van der Waals surface area contributed by atoms with Gasteiger partial charge in [0.05, 0.1) is 0 Å². The molecule has 1 rings (SSSR count). The molecule has 2 nitrogen and oxygen atoms in total. The molecule has 2 heteroatoms. The van der Waals surface area contributed by atoms with Crippen molar-refractivity contribution in [2.45, 2.75) is 45.6 Å². The fourth-order valence-corrected chi connectivity index (χ4v) is 1.08. The zero-order valence-corrected chi connectivity index (χ0v) is 8.48.